The Labute approximate surface area is 133 Å². The minimum atomic E-state index is 0.783. The Hall–Kier alpha value is -1.81. The molecule has 0 fully saturated rings. The zero-order chi connectivity index (χ0) is 14.8. The highest BCUT2D eigenvalue weighted by Gasteiger charge is 2.14. The fourth-order valence-corrected chi connectivity index (χ4v) is 3.03. The molecule has 0 amide bonds. The molecule has 0 N–H and O–H groups in total. The monoisotopic (exact) mass is 343 g/mol. The molecule has 108 valence electrons. The molecule has 4 heteroatoms. The molecule has 1 aromatic carbocycles. The van der Waals surface area contributed by atoms with E-state index >= 15 is 0 Å². The molecule has 0 spiro atoms. The molecule has 2 heterocycles. The Morgan fingerprint density at radius 3 is 2.62 bits per heavy atom. The number of rotatable bonds is 4. The highest BCUT2D eigenvalue weighted by Crippen LogP contribution is 2.24. The van der Waals surface area contributed by atoms with Crippen molar-refractivity contribution in [3.05, 3.63) is 65.5 Å². The molecule has 0 bridgehead atoms. The van der Waals surface area contributed by atoms with Crippen LogP contribution >= 0.6 is 15.9 Å². The van der Waals surface area contributed by atoms with Gasteiger partial charge < -0.3 is 9.30 Å². The van der Waals surface area contributed by atoms with E-state index in [0.717, 1.165) is 23.3 Å². The molecule has 0 atom stereocenters. The lowest BCUT2D eigenvalue weighted by Crippen LogP contribution is -2.18. The number of aryl methyl sites for hydroxylation is 1. The Kier molecular flexibility index (Phi) is 3.97. The van der Waals surface area contributed by atoms with Gasteiger partial charge in [-0.1, -0.05) is 51.8 Å². The molecule has 0 aliphatic heterocycles. The lowest BCUT2D eigenvalue weighted by Gasteiger charge is -2.18. The second-order valence-electron chi connectivity index (χ2n) is 5.29. The number of pyridine rings is 1. The van der Waals surface area contributed by atoms with E-state index < -0.39 is 0 Å². The third-order valence-corrected chi connectivity index (χ3v) is 4.17. The topological polar surface area (TPSA) is 20.5 Å². The molecule has 3 nitrogen and oxygen atoms in total. The largest absolute Gasteiger partial charge is 0.354 e. The summed E-state index contributed by atoms with van der Waals surface area (Å²) in [4.78, 5) is 6.96. The van der Waals surface area contributed by atoms with E-state index in [2.05, 4.69) is 69.7 Å². The van der Waals surface area contributed by atoms with Gasteiger partial charge in [-0.15, -0.1) is 0 Å². The van der Waals surface area contributed by atoms with Crippen molar-refractivity contribution in [1.82, 2.24) is 9.38 Å². The van der Waals surface area contributed by atoms with Crippen LogP contribution in [0.3, 0.4) is 0 Å². The van der Waals surface area contributed by atoms with Crippen molar-refractivity contribution in [2.24, 2.45) is 0 Å². The van der Waals surface area contributed by atoms with E-state index in [0.29, 0.717) is 0 Å². The molecule has 0 aliphatic rings. The van der Waals surface area contributed by atoms with Crippen molar-refractivity contribution in [3.63, 3.8) is 0 Å². The van der Waals surface area contributed by atoms with Gasteiger partial charge in [0.05, 0.1) is 5.69 Å². The third kappa shape index (κ3) is 2.81. The van der Waals surface area contributed by atoms with Crippen LogP contribution in [0.15, 0.2) is 48.7 Å². The van der Waals surface area contributed by atoms with E-state index in [1.54, 1.807) is 0 Å². The molecule has 21 heavy (non-hydrogen) atoms. The number of aromatic nitrogens is 2. The van der Waals surface area contributed by atoms with Crippen LogP contribution in [-0.4, -0.2) is 16.4 Å². The van der Waals surface area contributed by atoms with Crippen molar-refractivity contribution in [3.8, 4) is 0 Å². The fourth-order valence-electron chi connectivity index (χ4n) is 2.51. The van der Waals surface area contributed by atoms with Crippen molar-refractivity contribution in [2.45, 2.75) is 18.8 Å². The first-order chi connectivity index (χ1) is 10.2. The Morgan fingerprint density at radius 2 is 1.90 bits per heavy atom. The predicted octanol–water partition coefficient (Wildman–Crippen LogP) is 4.17. The summed E-state index contributed by atoms with van der Waals surface area (Å²) >= 11 is 3.58. The maximum atomic E-state index is 4.76. The average Bonchev–Trinajstić information content (AvgIpc) is 2.88. The van der Waals surface area contributed by atoms with Crippen molar-refractivity contribution in [1.29, 1.82) is 0 Å². The van der Waals surface area contributed by atoms with E-state index in [1.165, 1.54) is 16.8 Å². The van der Waals surface area contributed by atoms with Crippen LogP contribution in [0.2, 0.25) is 0 Å². The summed E-state index contributed by atoms with van der Waals surface area (Å²) in [5.41, 5.74) is 4.74. The Balaban J connectivity index is 1.93. The minimum absolute atomic E-state index is 0.783. The lowest BCUT2D eigenvalue weighted by molar-refractivity contribution is 0.895. The van der Waals surface area contributed by atoms with Gasteiger partial charge in [-0.2, -0.15) is 0 Å². The van der Waals surface area contributed by atoms with Crippen LogP contribution in [-0.2, 0) is 11.9 Å². The highest BCUT2D eigenvalue weighted by molar-refractivity contribution is 9.08. The van der Waals surface area contributed by atoms with Gasteiger partial charge in [0, 0.05) is 25.1 Å². The zero-order valence-corrected chi connectivity index (χ0v) is 13.8. The van der Waals surface area contributed by atoms with Crippen LogP contribution in [0.1, 0.15) is 16.8 Å². The number of hydrogen-bond donors (Lipinski definition) is 0. The third-order valence-electron chi connectivity index (χ3n) is 3.64. The van der Waals surface area contributed by atoms with Gasteiger partial charge in [0.15, 0.2) is 5.82 Å². The van der Waals surface area contributed by atoms with Gasteiger partial charge in [-0.25, -0.2) is 4.98 Å². The van der Waals surface area contributed by atoms with Crippen LogP contribution < -0.4 is 4.90 Å². The van der Waals surface area contributed by atoms with Crippen molar-refractivity contribution in [2.75, 3.05) is 11.9 Å². The van der Waals surface area contributed by atoms with E-state index in [1.807, 2.05) is 18.2 Å². The quantitative estimate of drug-likeness (QED) is 0.662. The summed E-state index contributed by atoms with van der Waals surface area (Å²) in [6.07, 6.45) is 2.06. The second kappa shape index (κ2) is 5.90. The Bertz CT molecular complexity index is 746. The molecule has 0 saturated carbocycles. The van der Waals surface area contributed by atoms with Crippen LogP contribution in [0.4, 0.5) is 5.82 Å². The number of nitrogens with zero attached hydrogens (tertiary/aromatic N) is 3. The molecule has 2 aromatic heterocycles. The van der Waals surface area contributed by atoms with Gasteiger partial charge in [0.1, 0.15) is 5.65 Å². The summed E-state index contributed by atoms with van der Waals surface area (Å²) in [5, 5.41) is 0.783. The van der Waals surface area contributed by atoms with Crippen LogP contribution in [0, 0.1) is 6.92 Å². The first kappa shape index (κ1) is 14.1. The maximum absolute atomic E-state index is 4.76. The number of hydrogen-bond acceptors (Lipinski definition) is 2. The summed E-state index contributed by atoms with van der Waals surface area (Å²) in [7, 11) is 2.09. The normalized spacial score (nSPS) is 11.0. The van der Waals surface area contributed by atoms with E-state index in [-0.39, 0.29) is 0 Å². The molecular formula is C17H18BrN3. The summed E-state index contributed by atoms with van der Waals surface area (Å²) in [6.45, 7) is 2.96. The molecule has 0 unspecified atom stereocenters. The minimum Gasteiger partial charge on any atom is -0.354 e. The van der Waals surface area contributed by atoms with E-state index in [4.69, 9.17) is 4.98 Å². The molecule has 3 rings (SSSR count). The van der Waals surface area contributed by atoms with Gasteiger partial charge in [-0.3, -0.25) is 0 Å². The molecule has 0 aliphatic carbocycles. The van der Waals surface area contributed by atoms with E-state index in [9.17, 15) is 0 Å². The molecule has 0 saturated heterocycles. The van der Waals surface area contributed by atoms with Gasteiger partial charge in [0.25, 0.3) is 0 Å². The lowest BCUT2D eigenvalue weighted by atomic mass is 10.1. The SMILES string of the molecule is Cc1ccc(CN(C)c2nc3ccccn3c2CBr)cc1. The van der Waals surface area contributed by atoms with Crippen LogP contribution in [0.25, 0.3) is 5.65 Å². The summed E-state index contributed by atoms with van der Waals surface area (Å²) in [5.74, 6) is 1.03. The Morgan fingerprint density at radius 1 is 1.14 bits per heavy atom. The van der Waals surface area contributed by atoms with Gasteiger partial charge in [-0.05, 0) is 24.6 Å². The number of benzene rings is 1. The smallest absolute Gasteiger partial charge is 0.152 e. The second-order valence-corrected chi connectivity index (χ2v) is 5.85. The number of imidazole rings is 1. The molecule has 0 radical (unpaired) electrons. The van der Waals surface area contributed by atoms with Crippen molar-refractivity contribution >= 4 is 27.4 Å². The maximum Gasteiger partial charge on any atom is 0.152 e. The van der Waals surface area contributed by atoms with Crippen LogP contribution in [0.5, 0.6) is 0 Å². The summed E-state index contributed by atoms with van der Waals surface area (Å²) < 4.78 is 2.13. The first-order valence-electron chi connectivity index (χ1n) is 6.97. The average molecular weight is 344 g/mol. The highest BCUT2D eigenvalue weighted by atomic mass is 79.9. The predicted molar refractivity (Wildman–Crippen MR) is 91.1 cm³/mol. The standard InChI is InChI=1S/C17H18BrN3/c1-13-6-8-14(9-7-13)12-20(2)17-15(11-18)21-10-4-3-5-16(21)19-17/h3-10H,11-12H2,1-2H3. The summed E-state index contributed by atoms with van der Waals surface area (Å²) in [6, 6.07) is 14.7. The number of anilines is 1. The van der Waals surface area contributed by atoms with Gasteiger partial charge in [0.2, 0.25) is 0 Å². The number of halogens is 1. The first-order valence-corrected chi connectivity index (χ1v) is 8.10. The van der Waals surface area contributed by atoms with Crippen molar-refractivity contribution < 1.29 is 0 Å². The zero-order valence-electron chi connectivity index (χ0n) is 12.3. The molecule has 3 aromatic rings. The number of fused-ring (bicyclic) bond motifs is 1. The fraction of sp³-hybridized carbons (Fsp3) is 0.235. The van der Waals surface area contributed by atoms with Gasteiger partial charge >= 0.3 is 0 Å². The number of alkyl halides is 1. The molecular weight excluding hydrogens is 326 g/mol.